The molecule has 0 radical (unpaired) electrons. The van der Waals surface area contributed by atoms with E-state index in [4.69, 9.17) is 18.9 Å². The van der Waals surface area contributed by atoms with Gasteiger partial charge >= 0.3 is 23.9 Å². The van der Waals surface area contributed by atoms with E-state index in [1.165, 1.54) is 12.2 Å². The van der Waals surface area contributed by atoms with Crippen molar-refractivity contribution in [1.82, 2.24) is 0 Å². The fraction of sp³-hybridized carbons (Fsp3) is 0.0909. The Morgan fingerprint density at radius 1 is 0.376 bits per heavy atom. The molecular weight excluding hydrogens is 1160 g/mol. The lowest BCUT2D eigenvalue weighted by molar-refractivity contribution is -0.166. The molecule has 418 valence electrons. The fourth-order valence-electron chi connectivity index (χ4n) is 11.0. The van der Waals surface area contributed by atoms with Gasteiger partial charge in [0.05, 0.1) is 29.9 Å². The van der Waals surface area contributed by atoms with Crippen LogP contribution in [0.2, 0.25) is 0 Å². The third-order valence-corrected chi connectivity index (χ3v) is 19.1. The van der Waals surface area contributed by atoms with E-state index in [1.54, 1.807) is 121 Å². The first-order chi connectivity index (χ1) is 41.1. The number of ketones is 4. The molecule has 0 bridgehead atoms. The lowest BCUT2D eigenvalue weighted by Crippen LogP contribution is -2.46. The fourth-order valence-corrected chi connectivity index (χ4v) is 15.7. The zero-order valence-electron chi connectivity index (χ0n) is 43.6. The van der Waals surface area contributed by atoms with Crippen LogP contribution >= 0.6 is 34.0 Å². The zero-order valence-corrected chi connectivity index (χ0v) is 46.1. The number of hydrogen-bond acceptors (Lipinski definition) is 15. The topological polar surface area (TPSA) is 173 Å². The number of allylic oxidation sites excluding steroid dienone is 4. The highest BCUT2D eigenvalue weighted by atomic mass is 32.1. The second kappa shape index (κ2) is 21.1. The Morgan fingerprint density at radius 3 is 0.894 bits per heavy atom. The zero-order chi connectivity index (χ0) is 59.1. The number of hydrogen-bond donors (Lipinski definition) is 0. The Hall–Kier alpha value is -9.82. The van der Waals surface area contributed by atoms with Crippen molar-refractivity contribution in [3.63, 3.8) is 0 Å². The summed E-state index contributed by atoms with van der Waals surface area (Å²) in [4.78, 5) is 120. The van der Waals surface area contributed by atoms with Crippen LogP contribution in [0, 0.1) is 23.3 Å². The summed E-state index contributed by atoms with van der Waals surface area (Å²) in [5.74, 6) is -14.5. The molecule has 0 saturated carbocycles. The summed E-state index contributed by atoms with van der Waals surface area (Å²) in [6.07, 6.45) is 4.89. The number of esters is 4. The van der Waals surface area contributed by atoms with Crippen molar-refractivity contribution in [3.05, 3.63) is 269 Å². The van der Waals surface area contributed by atoms with Gasteiger partial charge in [0.25, 0.3) is 0 Å². The summed E-state index contributed by atoms with van der Waals surface area (Å²) in [5, 5.41) is 0. The van der Waals surface area contributed by atoms with Crippen LogP contribution in [-0.2, 0) is 75.4 Å². The van der Waals surface area contributed by atoms with Crippen molar-refractivity contribution in [1.29, 1.82) is 0 Å². The lowest BCUT2D eigenvalue weighted by Gasteiger charge is -2.28. The van der Waals surface area contributed by atoms with E-state index in [1.807, 2.05) is 0 Å². The quantitative estimate of drug-likeness (QED) is 0.0252. The van der Waals surface area contributed by atoms with Crippen LogP contribution in [0.3, 0.4) is 0 Å². The van der Waals surface area contributed by atoms with Gasteiger partial charge in [-0.3, -0.25) is 38.4 Å². The van der Waals surface area contributed by atoms with Crippen LogP contribution in [0.1, 0.15) is 84.6 Å². The number of Topliss-reactive ketones (excluding diaryl/α,β-unsaturated/α-hetero) is 4. The van der Waals surface area contributed by atoms with Crippen LogP contribution in [-0.4, -0.2) is 47.0 Å². The summed E-state index contributed by atoms with van der Waals surface area (Å²) in [5.41, 5.74) is -7.00. The maximum absolute atomic E-state index is 15.6. The van der Waals surface area contributed by atoms with E-state index in [-0.39, 0.29) is 41.4 Å². The van der Waals surface area contributed by atoms with E-state index >= 15 is 19.2 Å². The van der Waals surface area contributed by atoms with Gasteiger partial charge < -0.3 is 18.9 Å². The van der Waals surface area contributed by atoms with Crippen molar-refractivity contribution < 1.29 is 74.9 Å². The van der Waals surface area contributed by atoms with E-state index in [2.05, 4.69) is 0 Å². The monoisotopic (exact) mass is 1190 g/mol. The van der Waals surface area contributed by atoms with Crippen LogP contribution in [0.25, 0.3) is 31.0 Å². The lowest BCUT2D eigenvalue weighted by atomic mass is 9.76. The Balaban J connectivity index is 1.03. The Bertz CT molecular complexity index is 4090. The molecule has 9 aromatic rings. The molecule has 13 rings (SSSR count). The number of fused-ring (bicyclic) bond motifs is 9. The number of ether oxygens (including phenoxy) is 4. The van der Waals surface area contributed by atoms with Crippen LogP contribution in [0.4, 0.5) is 17.6 Å². The summed E-state index contributed by atoms with van der Waals surface area (Å²) >= 11 is 3.08. The standard InChI is InChI=1S/C66H36F4O12S3/c67-45-25-39-40(26-46(45)68)54(72)43(53(39)71)21-37-23-49-51(65(37,61(75)79-29-33-13-5-1-6-14-33)62(76)80-30-34-15-7-2-8-16-34)57-59(83-49)60-58(85-57)52-50(84-60)24-38(22-44-55(73)41-27-47(69)48(70)28-42(41)56(44)74)66(52,63(77)81-31-35-17-9-3-10-18-35)64(78)82-32-36-19-11-4-12-20-36/h1-28H,29-32H2. The van der Waals surface area contributed by atoms with Crippen molar-refractivity contribution >= 4 is 112 Å². The highest BCUT2D eigenvalue weighted by Gasteiger charge is 2.62. The molecule has 0 amide bonds. The molecule has 0 saturated heterocycles. The first kappa shape index (κ1) is 54.4. The molecule has 0 unspecified atom stereocenters. The van der Waals surface area contributed by atoms with E-state index < -0.39 is 141 Å². The molecule has 85 heavy (non-hydrogen) atoms. The van der Waals surface area contributed by atoms with Gasteiger partial charge in [-0.1, -0.05) is 121 Å². The third kappa shape index (κ3) is 8.75. The predicted octanol–water partition coefficient (Wildman–Crippen LogP) is 13.0. The normalized spacial score (nSPS) is 15.1. The summed E-state index contributed by atoms with van der Waals surface area (Å²) in [6.45, 7) is -1.57. The van der Waals surface area contributed by atoms with Gasteiger partial charge in [-0.05, 0) is 82.0 Å². The SMILES string of the molecule is O=C1C(=CC2=Cc3sc4c(sc5c6c(sc54)C=C(C=C4C(=O)c5cc(F)c(F)cc5C4=O)C6(C(=O)OCc4ccccc4)C(=O)OCc4ccccc4)c3C2(C(=O)OCc2ccccc2)C(=O)OCc2ccccc2)C(=O)c2cc(F)c(F)cc21. The van der Waals surface area contributed by atoms with Gasteiger partial charge in [-0.2, -0.15) is 0 Å². The van der Waals surface area contributed by atoms with Gasteiger partial charge in [0.15, 0.2) is 46.4 Å². The molecule has 0 spiro atoms. The molecular formula is C66H36F4O12S3. The summed E-state index contributed by atoms with van der Waals surface area (Å²) in [7, 11) is 0. The number of carbonyl (C=O) groups is 8. The van der Waals surface area contributed by atoms with Gasteiger partial charge in [0.1, 0.15) is 26.4 Å². The minimum absolute atomic E-state index is 0.0262. The Labute approximate surface area is 490 Å². The number of carbonyl (C=O) groups excluding carboxylic acids is 8. The first-order valence-electron chi connectivity index (χ1n) is 26.0. The maximum Gasteiger partial charge on any atom is 0.333 e. The van der Waals surface area contributed by atoms with Crippen LogP contribution in [0.5, 0.6) is 0 Å². The van der Waals surface area contributed by atoms with Crippen molar-refractivity contribution in [2.75, 3.05) is 0 Å². The van der Waals surface area contributed by atoms with Gasteiger partial charge in [0.2, 0.25) is 10.8 Å². The average Bonchev–Trinajstić information content (AvgIpc) is 1.55. The van der Waals surface area contributed by atoms with Crippen LogP contribution in [0.15, 0.2) is 180 Å². The van der Waals surface area contributed by atoms with Crippen molar-refractivity contribution in [2.45, 2.75) is 37.3 Å². The second-order valence-electron chi connectivity index (χ2n) is 20.1. The number of halogens is 4. The third-order valence-electron chi connectivity index (χ3n) is 15.1. The van der Waals surface area contributed by atoms with Crippen molar-refractivity contribution in [2.24, 2.45) is 0 Å². The summed E-state index contributed by atoms with van der Waals surface area (Å²) in [6, 6.07) is 36.3. The second-order valence-corrected chi connectivity index (χ2v) is 23.2. The van der Waals surface area contributed by atoms with E-state index in [9.17, 15) is 36.7 Å². The molecule has 0 fully saturated rings. The van der Waals surface area contributed by atoms with E-state index in [0.717, 1.165) is 46.2 Å². The van der Waals surface area contributed by atoms with E-state index in [0.29, 0.717) is 55.9 Å². The minimum Gasteiger partial charge on any atom is -0.459 e. The summed E-state index contributed by atoms with van der Waals surface area (Å²) < 4.78 is 84.4. The van der Waals surface area contributed by atoms with Gasteiger partial charge in [0, 0.05) is 43.1 Å². The minimum atomic E-state index is -2.68. The molecule has 4 aliphatic carbocycles. The molecule has 0 N–H and O–H groups in total. The smallest absolute Gasteiger partial charge is 0.333 e. The highest BCUT2D eigenvalue weighted by Crippen LogP contribution is 2.61. The molecule has 3 aromatic heterocycles. The molecule has 0 atom stereocenters. The van der Waals surface area contributed by atoms with Crippen molar-refractivity contribution in [3.8, 4) is 0 Å². The maximum atomic E-state index is 15.6. The molecule has 12 nitrogen and oxygen atoms in total. The average molecular weight is 1190 g/mol. The Kier molecular flexibility index (Phi) is 13.5. The largest absolute Gasteiger partial charge is 0.459 e. The van der Waals surface area contributed by atoms with Crippen LogP contribution < -0.4 is 0 Å². The highest BCUT2D eigenvalue weighted by molar-refractivity contribution is 7.39. The first-order valence-corrected chi connectivity index (χ1v) is 28.5. The predicted molar refractivity (Wildman–Crippen MR) is 306 cm³/mol. The molecule has 19 heteroatoms. The number of thiophene rings is 3. The molecule has 6 aromatic carbocycles. The van der Waals surface area contributed by atoms with Gasteiger partial charge in [-0.25, -0.2) is 17.6 Å². The van der Waals surface area contributed by atoms with Gasteiger partial charge in [-0.15, -0.1) is 34.0 Å². The molecule has 0 aliphatic heterocycles. The molecule has 3 heterocycles. The Morgan fingerprint density at radius 2 is 0.635 bits per heavy atom. The molecule has 4 aliphatic rings. The number of benzene rings is 6. The number of rotatable bonds is 14.